The molecule has 0 spiro atoms. The van der Waals surface area contributed by atoms with Crippen molar-refractivity contribution in [3.8, 4) is 0 Å². The highest BCUT2D eigenvalue weighted by atomic mass is 31.2. The van der Waals surface area contributed by atoms with Gasteiger partial charge in [0.05, 0.1) is 12.9 Å². The van der Waals surface area contributed by atoms with Gasteiger partial charge in [0.1, 0.15) is 18.3 Å². The number of aliphatic hydroxyl groups is 2. The predicted molar refractivity (Wildman–Crippen MR) is 76.5 cm³/mol. The van der Waals surface area contributed by atoms with Crippen molar-refractivity contribution in [3.05, 3.63) is 16.7 Å². The Kier molecular flexibility index (Phi) is 4.17. The van der Waals surface area contributed by atoms with E-state index in [1.54, 1.807) is 0 Å². The molecule has 0 bridgehead atoms. The number of hydrogen-bond acceptors (Lipinski definition) is 9. The molecule has 2 aromatic rings. The number of aromatic nitrogens is 4. The first-order chi connectivity index (χ1) is 11.2. The summed E-state index contributed by atoms with van der Waals surface area (Å²) in [6, 6.07) is 0. The number of aromatic amines is 1. The molecule has 7 N–H and O–H groups in total. The normalized spacial score (nSPS) is 27.8. The first-order valence-electron chi connectivity index (χ1n) is 6.62. The Bertz CT molecular complexity index is 861. The number of H-pyrrole nitrogens is 1. The second-order valence-electron chi connectivity index (χ2n) is 5.07. The zero-order chi connectivity index (χ0) is 17.6. The molecule has 1 saturated heterocycles. The highest BCUT2D eigenvalue weighted by molar-refractivity contribution is 7.46. The summed E-state index contributed by atoms with van der Waals surface area (Å²) in [6.07, 6.45) is -4.40. The number of nitrogens with two attached hydrogens (primary N) is 1. The summed E-state index contributed by atoms with van der Waals surface area (Å²) >= 11 is 0. The van der Waals surface area contributed by atoms with Crippen LogP contribution in [0.5, 0.6) is 0 Å². The van der Waals surface area contributed by atoms with E-state index in [-0.39, 0.29) is 17.1 Å². The molecule has 0 unspecified atom stereocenters. The van der Waals surface area contributed by atoms with E-state index in [9.17, 15) is 19.6 Å². The molecule has 0 saturated carbocycles. The number of nitrogen functional groups attached to an aromatic ring is 1. The van der Waals surface area contributed by atoms with E-state index in [2.05, 4.69) is 19.5 Å². The SMILES string of the molecule is Nc1nc2c(ncn2[C@H]2O[C@@H](CO)[C@@H](OP(=O)(O)O)[C@@H]2O)c(=O)[nH]1. The van der Waals surface area contributed by atoms with Gasteiger partial charge in [-0.3, -0.25) is 18.9 Å². The summed E-state index contributed by atoms with van der Waals surface area (Å²) in [5.74, 6) is -0.191. The van der Waals surface area contributed by atoms with Crippen molar-refractivity contribution in [1.82, 2.24) is 19.5 Å². The van der Waals surface area contributed by atoms with Gasteiger partial charge in [0, 0.05) is 0 Å². The quantitative estimate of drug-likeness (QED) is 0.311. The molecule has 0 aliphatic carbocycles. The van der Waals surface area contributed by atoms with Crippen molar-refractivity contribution in [2.45, 2.75) is 24.5 Å². The highest BCUT2D eigenvalue weighted by Gasteiger charge is 2.48. The molecule has 2 aromatic heterocycles. The van der Waals surface area contributed by atoms with Crippen molar-refractivity contribution in [2.24, 2.45) is 0 Å². The number of fused-ring (bicyclic) bond motifs is 1. The van der Waals surface area contributed by atoms with Crippen molar-refractivity contribution < 1.29 is 33.8 Å². The third kappa shape index (κ3) is 2.93. The highest BCUT2D eigenvalue weighted by Crippen LogP contribution is 2.43. The number of nitrogens with zero attached hydrogens (tertiary/aromatic N) is 3. The van der Waals surface area contributed by atoms with Gasteiger partial charge in [-0.2, -0.15) is 4.98 Å². The van der Waals surface area contributed by atoms with Crippen LogP contribution in [0.4, 0.5) is 5.95 Å². The molecule has 13 nitrogen and oxygen atoms in total. The Morgan fingerprint density at radius 1 is 1.50 bits per heavy atom. The maximum atomic E-state index is 11.8. The largest absolute Gasteiger partial charge is 0.470 e. The lowest BCUT2D eigenvalue weighted by Gasteiger charge is -2.20. The van der Waals surface area contributed by atoms with Gasteiger partial charge >= 0.3 is 7.82 Å². The monoisotopic (exact) mass is 363 g/mol. The third-order valence-corrected chi connectivity index (χ3v) is 3.99. The molecule has 0 radical (unpaired) electrons. The van der Waals surface area contributed by atoms with Crippen LogP contribution < -0.4 is 11.3 Å². The molecule has 1 aliphatic heterocycles. The number of anilines is 1. The van der Waals surface area contributed by atoms with E-state index in [4.69, 9.17) is 20.3 Å². The lowest BCUT2D eigenvalue weighted by molar-refractivity contribution is -0.0509. The third-order valence-electron chi connectivity index (χ3n) is 3.47. The summed E-state index contributed by atoms with van der Waals surface area (Å²) in [5.41, 5.74) is 4.79. The van der Waals surface area contributed by atoms with Gasteiger partial charge in [0.15, 0.2) is 17.4 Å². The van der Waals surface area contributed by atoms with Gasteiger partial charge in [-0.15, -0.1) is 0 Å². The van der Waals surface area contributed by atoms with E-state index in [1.807, 2.05) is 0 Å². The average molecular weight is 363 g/mol. The Morgan fingerprint density at radius 3 is 2.83 bits per heavy atom. The van der Waals surface area contributed by atoms with Gasteiger partial charge in [0.2, 0.25) is 5.95 Å². The Balaban J connectivity index is 2.01. The summed E-state index contributed by atoms with van der Waals surface area (Å²) in [7, 11) is -4.94. The Morgan fingerprint density at radius 2 is 2.21 bits per heavy atom. The number of ether oxygens (including phenoxy) is 1. The minimum absolute atomic E-state index is 0.00572. The van der Waals surface area contributed by atoms with Crippen LogP contribution in [0.2, 0.25) is 0 Å². The number of aliphatic hydroxyl groups excluding tert-OH is 2. The number of nitrogens with one attached hydrogen (secondary N) is 1. The van der Waals surface area contributed by atoms with Crippen LogP contribution in [0.15, 0.2) is 11.1 Å². The topological polar surface area (TPSA) is 206 Å². The minimum Gasteiger partial charge on any atom is -0.394 e. The van der Waals surface area contributed by atoms with Gasteiger partial charge in [-0.1, -0.05) is 0 Å². The van der Waals surface area contributed by atoms with E-state index in [0.29, 0.717) is 0 Å². The first-order valence-corrected chi connectivity index (χ1v) is 8.15. The van der Waals surface area contributed by atoms with Crippen molar-refractivity contribution in [1.29, 1.82) is 0 Å². The van der Waals surface area contributed by atoms with Crippen LogP contribution in [0, 0.1) is 0 Å². The first kappa shape index (κ1) is 17.0. The van der Waals surface area contributed by atoms with E-state index in [1.165, 1.54) is 0 Å². The Labute approximate surface area is 132 Å². The van der Waals surface area contributed by atoms with Gasteiger partial charge in [0.25, 0.3) is 5.56 Å². The predicted octanol–water partition coefficient (Wildman–Crippen LogP) is -2.57. The van der Waals surface area contributed by atoms with Crippen LogP contribution >= 0.6 is 7.82 Å². The van der Waals surface area contributed by atoms with Gasteiger partial charge in [-0.05, 0) is 0 Å². The van der Waals surface area contributed by atoms with Crippen LogP contribution in [0.3, 0.4) is 0 Å². The lowest BCUT2D eigenvalue weighted by atomic mass is 10.1. The van der Waals surface area contributed by atoms with E-state index < -0.39 is 44.5 Å². The van der Waals surface area contributed by atoms with Crippen molar-refractivity contribution in [2.75, 3.05) is 12.3 Å². The number of imidazole rings is 1. The van der Waals surface area contributed by atoms with Crippen LogP contribution in [-0.2, 0) is 13.8 Å². The average Bonchev–Trinajstić information content (AvgIpc) is 3.00. The van der Waals surface area contributed by atoms with Crippen molar-refractivity contribution in [3.63, 3.8) is 0 Å². The number of phosphoric acid groups is 1. The summed E-state index contributed by atoms with van der Waals surface area (Å²) in [5, 5.41) is 19.6. The molecule has 4 atom stereocenters. The van der Waals surface area contributed by atoms with Crippen LogP contribution in [0.25, 0.3) is 11.2 Å². The Hall–Kier alpha value is -1.86. The molecule has 14 heteroatoms. The van der Waals surface area contributed by atoms with Crippen LogP contribution in [-0.4, -0.2) is 64.4 Å². The van der Waals surface area contributed by atoms with E-state index >= 15 is 0 Å². The van der Waals surface area contributed by atoms with E-state index in [0.717, 1.165) is 10.9 Å². The fourth-order valence-electron chi connectivity index (χ4n) is 2.51. The number of hydrogen-bond donors (Lipinski definition) is 6. The van der Waals surface area contributed by atoms with Gasteiger partial charge in [-0.25, -0.2) is 9.55 Å². The van der Waals surface area contributed by atoms with Gasteiger partial charge < -0.3 is 30.5 Å². The van der Waals surface area contributed by atoms with Crippen molar-refractivity contribution >= 4 is 24.9 Å². The zero-order valence-corrected chi connectivity index (χ0v) is 12.8. The zero-order valence-electron chi connectivity index (χ0n) is 11.9. The molecule has 24 heavy (non-hydrogen) atoms. The molecule has 1 fully saturated rings. The van der Waals surface area contributed by atoms with Crippen LogP contribution in [0.1, 0.15) is 6.23 Å². The second-order valence-corrected chi connectivity index (χ2v) is 6.27. The molecule has 1 aliphatic rings. The molecule has 3 rings (SSSR count). The minimum atomic E-state index is -4.94. The molecule has 132 valence electrons. The standard InChI is InChI=1S/C10H14N5O8P/c11-10-13-7-4(8(18)14-10)12-2-15(7)9-5(17)6(3(1-16)22-9)23-24(19,20)21/h2-3,5-6,9,16-17H,1H2,(H2,19,20,21)(H3,11,13,14,18)/t3-,5-,6+,9-/m0/s1. The lowest BCUT2D eigenvalue weighted by Crippen LogP contribution is -2.35. The molecule has 0 aromatic carbocycles. The molecule has 0 amide bonds. The smallest absolute Gasteiger partial charge is 0.394 e. The second kappa shape index (κ2) is 5.89. The number of rotatable bonds is 4. The molecular weight excluding hydrogens is 349 g/mol. The molecule has 3 heterocycles. The fourth-order valence-corrected chi connectivity index (χ4v) is 3.09. The summed E-state index contributed by atoms with van der Waals surface area (Å²) in [6.45, 7) is -0.666. The number of phosphoric ester groups is 1. The molecular formula is C10H14N5O8P. The fraction of sp³-hybridized carbons (Fsp3) is 0.500. The summed E-state index contributed by atoms with van der Waals surface area (Å²) < 4.78 is 22.0. The maximum Gasteiger partial charge on any atom is 0.470 e. The summed E-state index contributed by atoms with van der Waals surface area (Å²) in [4.78, 5) is 39.6. The maximum absolute atomic E-state index is 11.8.